The molecule has 0 unspecified atom stereocenters. The number of rotatable bonds is 3. The molecule has 0 saturated carbocycles. The zero-order valence-corrected chi connectivity index (χ0v) is 9.21. The molecule has 2 aromatic rings. The summed E-state index contributed by atoms with van der Waals surface area (Å²) in [5.74, 6) is 0. The van der Waals surface area contributed by atoms with Crippen LogP contribution in [0, 0.1) is 0 Å². The van der Waals surface area contributed by atoms with E-state index in [4.69, 9.17) is 0 Å². The number of anilines is 1. The Morgan fingerprint density at radius 1 is 0.733 bits per heavy atom. The highest BCUT2D eigenvalue weighted by Gasteiger charge is 1.90. The first-order chi connectivity index (χ1) is 6.95. The predicted molar refractivity (Wildman–Crippen MR) is 67.5 cm³/mol. The van der Waals surface area contributed by atoms with Crippen LogP contribution in [0.1, 0.15) is 5.56 Å². The van der Waals surface area contributed by atoms with Gasteiger partial charge in [0.05, 0.1) is 0 Å². The van der Waals surface area contributed by atoms with Crippen molar-refractivity contribution >= 4 is 18.1 Å². The highest BCUT2D eigenvalue weighted by atomic mass is 35.5. The van der Waals surface area contributed by atoms with Gasteiger partial charge < -0.3 is 5.32 Å². The molecule has 1 nitrogen and oxygen atoms in total. The number of para-hydroxylation sites is 1. The molecular formula is C13H14ClN. The topological polar surface area (TPSA) is 12.0 Å². The first-order valence-electron chi connectivity index (χ1n) is 4.78. The molecule has 0 radical (unpaired) electrons. The molecule has 0 spiro atoms. The SMILES string of the molecule is Cl.c1ccc(CNc2ccccc2)cc1. The molecule has 0 heterocycles. The third-order valence-corrected chi connectivity index (χ3v) is 2.11. The van der Waals surface area contributed by atoms with E-state index in [0.29, 0.717) is 0 Å². The van der Waals surface area contributed by atoms with Crippen molar-refractivity contribution in [2.24, 2.45) is 0 Å². The van der Waals surface area contributed by atoms with Crippen molar-refractivity contribution in [3.8, 4) is 0 Å². The Labute approximate surface area is 96.6 Å². The lowest BCUT2D eigenvalue weighted by atomic mass is 10.2. The molecule has 0 aliphatic rings. The largest absolute Gasteiger partial charge is 0.381 e. The van der Waals surface area contributed by atoms with Gasteiger partial charge in [-0.1, -0.05) is 48.5 Å². The molecule has 0 amide bonds. The Bertz CT molecular complexity index is 333. The van der Waals surface area contributed by atoms with Gasteiger partial charge in [0.25, 0.3) is 0 Å². The second kappa shape index (κ2) is 6.10. The van der Waals surface area contributed by atoms with Crippen LogP contribution in [0.15, 0.2) is 60.7 Å². The summed E-state index contributed by atoms with van der Waals surface area (Å²) in [6.07, 6.45) is 0. The second-order valence-electron chi connectivity index (χ2n) is 3.21. The summed E-state index contributed by atoms with van der Waals surface area (Å²) in [7, 11) is 0. The van der Waals surface area contributed by atoms with Gasteiger partial charge >= 0.3 is 0 Å². The molecule has 2 heteroatoms. The molecule has 78 valence electrons. The Balaban J connectivity index is 0.00000112. The maximum absolute atomic E-state index is 3.36. The van der Waals surface area contributed by atoms with E-state index in [9.17, 15) is 0 Å². The molecule has 0 aliphatic heterocycles. The minimum absolute atomic E-state index is 0. The lowest BCUT2D eigenvalue weighted by molar-refractivity contribution is 1.15. The summed E-state index contributed by atoms with van der Waals surface area (Å²) < 4.78 is 0. The number of nitrogens with one attached hydrogen (secondary N) is 1. The Morgan fingerprint density at radius 3 is 1.87 bits per heavy atom. The van der Waals surface area contributed by atoms with Gasteiger partial charge in [-0.3, -0.25) is 0 Å². The number of halogens is 1. The second-order valence-corrected chi connectivity index (χ2v) is 3.21. The van der Waals surface area contributed by atoms with E-state index in [1.807, 2.05) is 24.3 Å². The third-order valence-electron chi connectivity index (χ3n) is 2.11. The fourth-order valence-electron chi connectivity index (χ4n) is 1.36. The summed E-state index contributed by atoms with van der Waals surface area (Å²) >= 11 is 0. The van der Waals surface area contributed by atoms with Gasteiger partial charge in [-0.2, -0.15) is 0 Å². The summed E-state index contributed by atoms with van der Waals surface area (Å²) in [6, 6.07) is 20.6. The van der Waals surface area contributed by atoms with Crippen LogP contribution in [-0.2, 0) is 6.54 Å². The van der Waals surface area contributed by atoms with Crippen molar-refractivity contribution in [3.05, 3.63) is 66.2 Å². The van der Waals surface area contributed by atoms with E-state index in [-0.39, 0.29) is 12.4 Å². The predicted octanol–water partition coefficient (Wildman–Crippen LogP) is 3.72. The van der Waals surface area contributed by atoms with Crippen LogP contribution >= 0.6 is 12.4 Å². The lowest BCUT2D eigenvalue weighted by Crippen LogP contribution is -1.98. The van der Waals surface area contributed by atoms with Crippen molar-refractivity contribution in [1.82, 2.24) is 0 Å². The molecule has 15 heavy (non-hydrogen) atoms. The Morgan fingerprint density at radius 2 is 1.27 bits per heavy atom. The van der Waals surface area contributed by atoms with Gasteiger partial charge in [0.2, 0.25) is 0 Å². The van der Waals surface area contributed by atoms with Crippen LogP contribution in [0.25, 0.3) is 0 Å². The first kappa shape index (κ1) is 11.6. The maximum atomic E-state index is 3.36. The van der Waals surface area contributed by atoms with Gasteiger partial charge in [-0.15, -0.1) is 12.4 Å². The van der Waals surface area contributed by atoms with Gasteiger partial charge in [-0.25, -0.2) is 0 Å². The zero-order valence-electron chi connectivity index (χ0n) is 8.39. The van der Waals surface area contributed by atoms with Crippen LogP contribution in [0.5, 0.6) is 0 Å². The van der Waals surface area contributed by atoms with Crippen molar-refractivity contribution in [3.63, 3.8) is 0 Å². The fourth-order valence-corrected chi connectivity index (χ4v) is 1.36. The molecule has 0 aliphatic carbocycles. The van der Waals surface area contributed by atoms with Crippen molar-refractivity contribution in [2.75, 3.05) is 5.32 Å². The van der Waals surface area contributed by atoms with E-state index in [1.165, 1.54) is 5.56 Å². The number of hydrogen-bond acceptors (Lipinski definition) is 1. The molecule has 0 saturated heterocycles. The van der Waals surface area contributed by atoms with Gasteiger partial charge in [-0.05, 0) is 17.7 Å². The van der Waals surface area contributed by atoms with Crippen molar-refractivity contribution < 1.29 is 0 Å². The Hall–Kier alpha value is -1.47. The quantitative estimate of drug-likeness (QED) is 0.830. The minimum Gasteiger partial charge on any atom is -0.381 e. The van der Waals surface area contributed by atoms with Crippen molar-refractivity contribution in [1.29, 1.82) is 0 Å². The van der Waals surface area contributed by atoms with E-state index in [2.05, 4.69) is 41.7 Å². The molecule has 0 fully saturated rings. The van der Waals surface area contributed by atoms with Crippen molar-refractivity contribution in [2.45, 2.75) is 6.54 Å². The number of hydrogen-bond donors (Lipinski definition) is 1. The number of benzene rings is 2. The fraction of sp³-hybridized carbons (Fsp3) is 0.0769. The van der Waals surface area contributed by atoms with Crippen LogP contribution in [0.4, 0.5) is 5.69 Å². The molecule has 0 aromatic heterocycles. The molecule has 1 N–H and O–H groups in total. The van der Waals surface area contributed by atoms with E-state index >= 15 is 0 Å². The highest BCUT2D eigenvalue weighted by Crippen LogP contribution is 2.07. The average molecular weight is 220 g/mol. The molecular weight excluding hydrogens is 206 g/mol. The van der Waals surface area contributed by atoms with E-state index in [0.717, 1.165) is 12.2 Å². The Kier molecular flexibility index (Phi) is 4.72. The van der Waals surface area contributed by atoms with Crippen LogP contribution in [0.3, 0.4) is 0 Å². The highest BCUT2D eigenvalue weighted by molar-refractivity contribution is 5.85. The average Bonchev–Trinajstić information content (AvgIpc) is 2.29. The standard InChI is InChI=1S/C13H13N.ClH/c1-3-7-12(8-4-1)11-14-13-9-5-2-6-10-13;/h1-10,14H,11H2;1H. The molecule has 2 aromatic carbocycles. The van der Waals surface area contributed by atoms with Gasteiger partial charge in [0.1, 0.15) is 0 Å². The van der Waals surface area contributed by atoms with E-state index in [1.54, 1.807) is 0 Å². The summed E-state index contributed by atoms with van der Waals surface area (Å²) in [5, 5.41) is 3.36. The normalized spacial score (nSPS) is 9.07. The molecule has 2 rings (SSSR count). The summed E-state index contributed by atoms with van der Waals surface area (Å²) in [4.78, 5) is 0. The summed E-state index contributed by atoms with van der Waals surface area (Å²) in [5.41, 5.74) is 2.47. The smallest absolute Gasteiger partial charge is 0.0400 e. The van der Waals surface area contributed by atoms with Crippen LogP contribution in [-0.4, -0.2) is 0 Å². The molecule has 0 bridgehead atoms. The maximum Gasteiger partial charge on any atom is 0.0400 e. The first-order valence-corrected chi connectivity index (χ1v) is 4.78. The lowest BCUT2D eigenvalue weighted by Gasteiger charge is -2.05. The minimum atomic E-state index is 0. The zero-order chi connectivity index (χ0) is 9.64. The van der Waals surface area contributed by atoms with Crippen LogP contribution in [0.2, 0.25) is 0 Å². The molecule has 0 atom stereocenters. The van der Waals surface area contributed by atoms with Gasteiger partial charge in [0, 0.05) is 12.2 Å². The third kappa shape index (κ3) is 3.64. The summed E-state index contributed by atoms with van der Waals surface area (Å²) in [6.45, 7) is 0.880. The van der Waals surface area contributed by atoms with E-state index < -0.39 is 0 Å². The van der Waals surface area contributed by atoms with Gasteiger partial charge in [0.15, 0.2) is 0 Å². The van der Waals surface area contributed by atoms with Crippen LogP contribution < -0.4 is 5.32 Å². The monoisotopic (exact) mass is 219 g/mol.